The Morgan fingerprint density at radius 1 is 0.327 bits per heavy atom. The van der Waals surface area contributed by atoms with Crippen LogP contribution in [0.4, 0.5) is 0 Å². The fourth-order valence-corrected chi connectivity index (χ4v) is 8.49. The Bertz CT molecular complexity index is 2490. The van der Waals surface area contributed by atoms with Gasteiger partial charge in [-0.2, -0.15) is 0 Å². The monoisotopic (exact) mass is 635 g/mol. The van der Waals surface area contributed by atoms with Crippen molar-refractivity contribution < 1.29 is 0 Å². The van der Waals surface area contributed by atoms with Crippen molar-refractivity contribution in [3.8, 4) is 44.5 Å². The van der Waals surface area contributed by atoms with E-state index in [9.17, 15) is 0 Å². The zero-order valence-corrected chi connectivity index (χ0v) is 29.9. The van der Waals surface area contributed by atoms with Gasteiger partial charge in [-0.1, -0.05) is 42.0 Å². The van der Waals surface area contributed by atoms with Gasteiger partial charge in [-0.15, -0.1) is 0 Å². The predicted molar refractivity (Wildman–Crippen MR) is 208 cm³/mol. The highest BCUT2D eigenvalue weighted by Gasteiger charge is 2.22. The Hall–Kier alpha value is -5.41. The van der Waals surface area contributed by atoms with Crippen LogP contribution in [0.3, 0.4) is 0 Å². The maximum absolute atomic E-state index is 4.75. The Balaban J connectivity index is 1.61. The first kappa shape index (κ1) is 30.9. The molecule has 0 atom stereocenters. The summed E-state index contributed by atoms with van der Waals surface area (Å²) in [6, 6.07) is 32.3. The summed E-state index contributed by atoms with van der Waals surface area (Å²) in [6.07, 6.45) is 0. The van der Waals surface area contributed by atoms with Gasteiger partial charge in [-0.3, -0.25) is 15.0 Å². The van der Waals surface area contributed by atoms with E-state index in [0.717, 1.165) is 34.2 Å². The molecule has 0 aliphatic heterocycles. The molecule has 0 saturated heterocycles. The van der Waals surface area contributed by atoms with Crippen molar-refractivity contribution in [3.63, 3.8) is 0 Å². The molecule has 0 N–H and O–H groups in total. The molecule has 0 unspecified atom stereocenters. The normalized spacial score (nSPS) is 11.8. The lowest BCUT2D eigenvalue weighted by Crippen LogP contribution is -1.98. The summed E-state index contributed by atoms with van der Waals surface area (Å²) in [5.74, 6) is 0. The van der Waals surface area contributed by atoms with Crippen LogP contribution in [0.1, 0.15) is 50.9 Å². The van der Waals surface area contributed by atoms with Gasteiger partial charge in [-0.05, 0) is 199 Å². The van der Waals surface area contributed by atoms with Crippen LogP contribution < -0.4 is 0 Å². The van der Waals surface area contributed by atoms with Crippen LogP contribution in [-0.2, 0) is 0 Å². The Kier molecular flexibility index (Phi) is 7.15. The van der Waals surface area contributed by atoms with Crippen molar-refractivity contribution in [1.82, 2.24) is 15.0 Å². The molecule has 49 heavy (non-hydrogen) atoms. The molecule has 5 aromatic carbocycles. The average molecular weight is 636 g/mol. The number of hydrogen-bond donors (Lipinski definition) is 0. The SMILES string of the molecule is Cc1cc(C)c(-c2cc(-c3cc(C)nc(C)c3)c3ccc4c(-c5cc(C)nc(C)c5)cc(-c5cc(C)nc(C)c5)c5ccc2c3c45)c(C)c1. The predicted octanol–water partition coefficient (Wildman–Crippen LogP) is 12.2. The van der Waals surface area contributed by atoms with Crippen LogP contribution in [0.25, 0.3) is 76.8 Å². The number of pyridine rings is 3. The van der Waals surface area contributed by atoms with Gasteiger partial charge in [0.25, 0.3) is 0 Å². The van der Waals surface area contributed by atoms with E-state index < -0.39 is 0 Å². The summed E-state index contributed by atoms with van der Waals surface area (Å²) < 4.78 is 0. The first-order valence-corrected chi connectivity index (χ1v) is 17.2. The van der Waals surface area contributed by atoms with Gasteiger partial charge in [0.05, 0.1) is 0 Å². The molecule has 0 saturated carbocycles. The van der Waals surface area contributed by atoms with Crippen LogP contribution in [-0.4, -0.2) is 15.0 Å². The average Bonchev–Trinajstić information content (AvgIpc) is 3.01. The van der Waals surface area contributed by atoms with Crippen LogP contribution >= 0.6 is 0 Å². The lowest BCUT2D eigenvalue weighted by molar-refractivity contribution is 1.12. The van der Waals surface area contributed by atoms with Crippen LogP contribution in [0.15, 0.2) is 84.9 Å². The van der Waals surface area contributed by atoms with E-state index in [0.29, 0.717) is 0 Å². The van der Waals surface area contributed by atoms with Gasteiger partial charge in [0.2, 0.25) is 0 Å². The van der Waals surface area contributed by atoms with E-state index in [1.54, 1.807) is 0 Å². The minimum Gasteiger partial charge on any atom is -0.258 e. The maximum Gasteiger partial charge on any atom is 0.0382 e. The molecular weight excluding hydrogens is 595 g/mol. The third kappa shape index (κ3) is 5.16. The van der Waals surface area contributed by atoms with Gasteiger partial charge in [0.1, 0.15) is 0 Å². The molecule has 0 aliphatic rings. The van der Waals surface area contributed by atoms with E-state index in [1.165, 1.54) is 93.5 Å². The largest absolute Gasteiger partial charge is 0.258 e. The molecule has 0 fully saturated rings. The van der Waals surface area contributed by atoms with Gasteiger partial charge >= 0.3 is 0 Å². The zero-order valence-electron chi connectivity index (χ0n) is 29.9. The molecular formula is C46H41N3. The molecule has 0 aliphatic carbocycles. The van der Waals surface area contributed by atoms with E-state index >= 15 is 0 Å². The number of rotatable bonds is 4. The van der Waals surface area contributed by atoms with Crippen LogP contribution in [0.5, 0.6) is 0 Å². The zero-order chi connectivity index (χ0) is 34.3. The van der Waals surface area contributed by atoms with E-state index in [4.69, 9.17) is 15.0 Å². The maximum atomic E-state index is 4.75. The smallest absolute Gasteiger partial charge is 0.0382 e. The number of hydrogen-bond acceptors (Lipinski definition) is 3. The molecule has 0 radical (unpaired) electrons. The van der Waals surface area contributed by atoms with E-state index in [2.05, 4.69) is 147 Å². The standard InChI is InChI=1S/C46H41N3/c1-24-14-25(2)44(26(3)15-24)43-23-42(35-20-31(8)49-32(9)21-35)38-11-10-36-40(33-16-27(4)47-28(5)17-33)22-41(34-18-29(6)48-30(7)19-34)37-12-13-39(43)46(38)45(36)37/h10-23H,1-9H3. The van der Waals surface area contributed by atoms with Crippen LogP contribution in [0.2, 0.25) is 0 Å². The van der Waals surface area contributed by atoms with Gasteiger partial charge in [0, 0.05) is 34.2 Å². The summed E-state index contributed by atoms with van der Waals surface area (Å²) in [5, 5.41) is 7.66. The second kappa shape index (κ2) is 11.3. The highest BCUT2D eigenvalue weighted by Crippen LogP contribution is 2.49. The lowest BCUT2D eigenvalue weighted by atomic mass is 9.80. The molecule has 3 heteroatoms. The highest BCUT2D eigenvalue weighted by atomic mass is 14.7. The van der Waals surface area contributed by atoms with Crippen molar-refractivity contribution in [3.05, 3.63) is 136 Å². The topological polar surface area (TPSA) is 38.7 Å². The van der Waals surface area contributed by atoms with Gasteiger partial charge in [-0.25, -0.2) is 0 Å². The lowest BCUT2D eigenvalue weighted by Gasteiger charge is -2.23. The first-order valence-electron chi connectivity index (χ1n) is 17.2. The molecule has 0 spiro atoms. The minimum atomic E-state index is 1.02. The van der Waals surface area contributed by atoms with E-state index in [-0.39, 0.29) is 0 Å². The van der Waals surface area contributed by atoms with Crippen molar-refractivity contribution in [1.29, 1.82) is 0 Å². The molecule has 3 aromatic heterocycles. The van der Waals surface area contributed by atoms with Crippen molar-refractivity contribution in [2.45, 2.75) is 62.3 Å². The Morgan fingerprint density at radius 2 is 0.612 bits per heavy atom. The first-order chi connectivity index (χ1) is 23.4. The van der Waals surface area contributed by atoms with Gasteiger partial charge < -0.3 is 0 Å². The van der Waals surface area contributed by atoms with Crippen molar-refractivity contribution in [2.75, 3.05) is 0 Å². The third-order valence-corrected chi connectivity index (χ3v) is 10.0. The Labute approximate surface area is 289 Å². The second-order valence-electron chi connectivity index (χ2n) is 14.2. The summed E-state index contributed by atoms with van der Waals surface area (Å²) >= 11 is 0. The highest BCUT2D eigenvalue weighted by molar-refractivity contribution is 6.32. The molecule has 8 rings (SSSR count). The summed E-state index contributed by atoms with van der Waals surface area (Å²) in [7, 11) is 0. The third-order valence-electron chi connectivity index (χ3n) is 10.0. The number of aryl methyl sites for hydroxylation is 9. The second-order valence-corrected chi connectivity index (χ2v) is 14.2. The molecule has 0 amide bonds. The summed E-state index contributed by atoms with van der Waals surface area (Å²) in [5.41, 5.74) is 19.9. The van der Waals surface area contributed by atoms with Crippen molar-refractivity contribution >= 4 is 32.3 Å². The summed E-state index contributed by atoms with van der Waals surface area (Å²) in [6.45, 7) is 19.3. The minimum absolute atomic E-state index is 1.02. The molecule has 3 nitrogen and oxygen atoms in total. The molecule has 240 valence electrons. The quantitative estimate of drug-likeness (QED) is 0.181. The number of nitrogens with zero attached hydrogens (tertiary/aromatic N) is 3. The van der Waals surface area contributed by atoms with Crippen LogP contribution in [0, 0.1) is 62.3 Å². The van der Waals surface area contributed by atoms with Crippen molar-refractivity contribution in [2.24, 2.45) is 0 Å². The van der Waals surface area contributed by atoms with E-state index in [1.807, 2.05) is 0 Å². The fourth-order valence-electron chi connectivity index (χ4n) is 8.49. The molecule has 3 heterocycles. The Morgan fingerprint density at radius 3 is 0.939 bits per heavy atom. The molecule has 0 bridgehead atoms. The number of aromatic nitrogens is 3. The number of benzene rings is 5. The van der Waals surface area contributed by atoms with Gasteiger partial charge in [0.15, 0.2) is 0 Å². The fraction of sp³-hybridized carbons (Fsp3) is 0.196. The summed E-state index contributed by atoms with van der Waals surface area (Å²) in [4.78, 5) is 14.2. The molecule has 8 aromatic rings.